The zero-order valence-electron chi connectivity index (χ0n) is 22.2. The van der Waals surface area contributed by atoms with Crippen molar-refractivity contribution < 1.29 is 4.42 Å². The molecule has 0 radical (unpaired) electrons. The van der Waals surface area contributed by atoms with E-state index in [-0.39, 0.29) is 11.8 Å². The van der Waals surface area contributed by atoms with Gasteiger partial charge in [0.05, 0.1) is 0 Å². The van der Waals surface area contributed by atoms with E-state index in [2.05, 4.69) is 134 Å². The Hall–Kier alpha value is -4.88. The van der Waals surface area contributed by atoms with Gasteiger partial charge < -0.3 is 4.42 Å². The Morgan fingerprint density at radius 1 is 0.475 bits per heavy atom. The minimum atomic E-state index is 0.160. The lowest BCUT2D eigenvalue weighted by Crippen LogP contribution is -2.02. The fourth-order valence-electron chi connectivity index (χ4n) is 7.47. The summed E-state index contributed by atoms with van der Waals surface area (Å²) in [7, 11) is 0. The highest BCUT2D eigenvalue weighted by molar-refractivity contribution is 6.08. The largest absolute Gasteiger partial charge is 0.456 e. The summed E-state index contributed by atoms with van der Waals surface area (Å²) in [6, 6.07) is 47.0. The van der Waals surface area contributed by atoms with E-state index in [9.17, 15) is 0 Å². The van der Waals surface area contributed by atoms with E-state index in [0.717, 1.165) is 11.2 Å². The Balaban J connectivity index is 1.28. The molecule has 2 aliphatic rings. The second-order valence-corrected chi connectivity index (χ2v) is 11.2. The first-order chi connectivity index (χ1) is 19.8. The summed E-state index contributed by atoms with van der Waals surface area (Å²) in [5.74, 6) is 0.403. The smallest absolute Gasteiger partial charge is 0.138 e. The summed E-state index contributed by atoms with van der Waals surface area (Å²) < 4.78 is 6.41. The van der Waals surface area contributed by atoms with Crippen LogP contribution in [-0.4, -0.2) is 0 Å². The first kappa shape index (κ1) is 22.0. The average Bonchev–Trinajstić information content (AvgIpc) is 3.66. The standard InChI is InChI=1S/C39H26O/c1-23-18-20-33(38-32-16-8-9-17-35(32)40-39(23)38)37-30-15-7-4-12-27(30)34-22-24(19-21-31(34)37)36-28-13-5-2-10-25(28)26-11-3-6-14-29(26)36/h2-22,36-37H,1H3. The molecule has 0 saturated heterocycles. The van der Waals surface area contributed by atoms with E-state index in [1.807, 2.05) is 0 Å². The highest BCUT2D eigenvalue weighted by Crippen LogP contribution is 2.53. The van der Waals surface area contributed by atoms with Crippen LogP contribution in [0.1, 0.15) is 50.8 Å². The molecule has 0 bridgehead atoms. The van der Waals surface area contributed by atoms with Crippen molar-refractivity contribution in [1.29, 1.82) is 0 Å². The molecule has 1 heteroatoms. The fourth-order valence-corrected chi connectivity index (χ4v) is 7.47. The summed E-state index contributed by atoms with van der Waals surface area (Å²) >= 11 is 0. The third-order valence-corrected chi connectivity index (χ3v) is 9.18. The van der Waals surface area contributed by atoms with Crippen LogP contribution in [0.3, 0.4) is 0 Å². The third kappa shape index (κ3) is 2.87. The van der Waals surface area contributed by atoms with Gasteiger partial charge in [-0.2, -0.15) is 0 Å². The summed E-state index contributed by atoms with van der Waals surface area (Å²) in [5.41, 5.74) is 16.8. The molecule has 0 saturated carbocycles. The predicted octanol–water partition coefficient (Wildman–Crippen LogP) is 10.2. The monoisotopic (exact) mass is 510 g/mol. The number of furan rings is 1. The highest BCUT2D eigenvalue weighted by atomic mass is 16.3. The molecule has 1 aromatic heterocycles. The molecule has 0 amide bonds. The van der Waals surface area contributed by atoms with Gasteiger partial charge in [0.2, 0.25) is 0 Å². The molecule has 1 heterocycles. The molecule has 0 aliphatic heterocycles. The number of rotatable bonds is 2. The van der Waals surface area contributed by atoms with Crippen molar-refractivity contribution in [2.24, 2.45) is 0 Å². The Labute approximate surface area is 233 Å². The SMILES string of the molecule is Cc1ccc(C2c3ccccc3-c3cc(C4c5ccccc5-c5ccccc54)ccc32)c2c1oc1ccccc12. The van der Waals surface area contributed by atoms with Gasteiger partial charge in [-0.3, -0.25) is 0 Å². The molecule has 0 N–H and O–H groups in total. The van der Waals surface area contributed by atoms with Gasteiger partial charge in [-0.25, -0.2) is 0 Å². The zero-order valence-corrected chi connectivity index (χ0v) is 22.2. The van der Waals surface area contributed by atoms with Crippen molar-refractivity contribution in [2.75, 3.05) is 0 Å². The predicted molar refractivity (Wildman–Crippen MR) is 164 cm³/mol. The summed E-state index contributed by atoms with van der Waals surface area (Å²) in [6.45, 7) is 2.15. The molecule has 0 spiro atoms. The van der Waals surface area contributed by atoms with E-state index in [1.54, 1.807) is 0 Å². The van der Waals surface area contributed by atoms with Crippen molar-refractivity contribution in [2.45, 2.75) is 18.8 Å². The van der Waals surface area contributed by atoms with Crippen LogP contribution >= 0.6 is 0 Å². The lowest BCUT2D eigenvalue weighted by atomic mass is 9.84. The van der Waals surface area contributed by atoms with Gasteiger partial charge in [0.1, 0.15) is 11.2 Å². The number of hydrogen-bond donors (Lipinski definition) is 0. The molecule has 7 aromatic rings. The van der Waals surface area contributed by atoms with Crippen LogP contribution in [0.15, 0.2) is 132 Å². The molecular weight excluding hydrogens is 484 g/mol. The first-order valence-electron chi connectivity index (χ1n) is 14.1. The van der Waals surface area contributed by atoms with Gasteiger partial charge in [-0.15, -0.1) is 0 Å². The molecule has 40 heavy (non-hydrogen) atoms. The Morgan fingerprint density at radius 2 is 1.02 bits per heavy atom. The van der Waals surface area contributed by atoms with Crippen LogP contribution in [0, 0.1) is 6.92 Å². The van der Waals surface area contributed by atoms with Gasteiger partial charge in [0, 0.05) is 22.6 Å². The normalized spacial score (nSPS) is 15.3. The van der Waals surface area contributed by atoms with Gasteiger partial charge in [-0.1, -0.05) is 115 Å². The van der Waals surface area contributed by atoms with Crippen molar-refractivity contribution in [3.8, 4) is 22.3 Å². The minimum absolute atomic E-state index is 0.160. The summed E-state index contributed by atoms with van der Waals surface area (Å²) in [5, 5.41) is 2.43. The van der Waals surface area contributed by atoms with Gasteiger partial charge in [0.15, 0.2) is 0 Å². The molecule has 9 rings (SSSR count). The maximum atomic E-state index is 6.41. The molecule has 2 aliphatic carbocycles. The van der Waals surface area contributed by atoms with Crippen molar-refractivity contribution >= 4 is 21.9 Å². The third-order valence-electron chi connectivity index (χ3n) is 9.18. The van der Waals surface area contributed by atoms with Gasteiger partial charge in [-0.05, 0) is 80.3 Å². The van der Waals surface area contributed by atoms with E-state index < -0.39 is 0 Å². The fraction of sp³-hybridized carbons (Fsp3) is 0.0769. The Bertz CT molecular complexity index is 2100. The van der Waals surface area contributed by atoms with Gasteiger partial charge in [0.25, 0.3) is 0 Å². The molecule has 1 atom stereocenters. The summed E-state index contributed by atoms with van der Waals surface area (Å²) in [6.07, 6.45) is 0. The Kier molecular flexibility index (Phi) is 4.43. The van der Waals surface area contributed by atoms with Crippen LogP contribution in [0.2, 0.25) is 0 Å². The molecule has 0 fully saturated rings. The molecule has 1 nitrogen and oxygen atoms in total. The van der Waals surface area contributed by atoms with E-state index >= 15 is 0 Å². The van der Waals surface area contributed by atoms with E-state index in [1.165, 1.54) is 72.0 Å². The quantitative estimate of drug-likeness (QED) is 0.225. The van der Waals surface area contributed by atoms with Crippen LogP contribution in [0.5, 0.6) is 0 Å². The van der Waals surface area contributed by atoms with E-state index in [0.29, 0.717) is 0 Å². The average molecular weight is 511 g/mol. The number of fused-ring (bicyclic) bond motifs is 9. The molecule has 1 unspecified atom stereocenters. The van der Waals surface area contributed by atoms with Crippen LogP contribution in [0.4, 0.5) is 0 Å². The lowest BCUT2D eigenvalue weighted by molar-refractivity contribution is 0.665. The van der Waals surface area contributed by atoms with E-state index in [4.69, 9.17) is 4.42 Å². The van der Waals surface area contributed by atoms with Crippen LogP contribution < -0.4 is 0 Å². The molecule has 6 aromatic carbocycles. The number of hydrogen-bond acceptors (Lipinski definition) is 1. The van der Waals surface area contributed by atoms with Crippen molar-refractivity contribution in [3.05, 3.63) is 166 Å². The first-order valence-corrected chi connectivity index (χ1v) is 14.1. The summed E-state index contributed by atoms with van der Waals surface area (Å²) in [4.78, 5) is 0. The minimum Gasteiger partial charge on any atom is -0.456 e. The zero-order chi connectivity index (χ0) is 26.4. The number of aryl methyl sites for hydroxylation is 1. The van der Waals surface area contributed by atoms with Crippen LogP contribution in [-0.2, 0) is 0 Å². The highest BCUT2D eigenvalue weighted by Gasteiger charge is 2.34. The van der Waals surface area contributed by atoms with Gasteiger partial charge >= 0.3 is 0 Å². The molecule has 188 valence electrons. The maximum absolute atomic E-state index is 6.41. The van der Waals surface area contributed by atoms with Crippen molar-refractivity contribution in [3.63, 3.8) is 0 Å². The van der Waals surface area contributed by atoms with Crippen molar-refractivity contribution in [1.82, 2.24) is 0 Å². The lowest BCUT2D eigenvalue weighted by Gasteiger charge is -2.18. The Morgan fingerprint density at radius 3 is 1.75 bits per heavy atom. The van der Waals surface area contributed by atoms with Crippen LogP contribution in [0.25, 0.3) is 44.2 Å². The second-order valence-electron chi connectivity index (χ2n) is 11.2. The molecular formula is C39H26O. The number of para-hydroxylation sites is 1. The number of benzene rings is 6. The topological polar surface area (TPSA) is 13.1 Å². The maximum Gasteiger partial charge on any atom is 0.138 e. The second kappa shape index (κ2) is 8.07.